The van der Waals surface area contributed by atoms with Crippen LogP contribution >= 0.6 is 12.2 Å². The molecule has 0 radical (unpaired) electrons. The molecule has 0 atom stereocenters. The molecule has 19 heavy (non-hydrogen) atoms. The molecular formula is C14H16N4S. The molecule has 3 N–H and O–H groups in total. The normalized spacial score (nSPS) is 10.2. The van der Waals surface area contributed by atoms with Gasteiger partial charge in [0.1, 0.15) is 10.8 Å². The molecule has 0 bridgehead atoms. The maximum Gasteiger partial charge on any atom is 0.137 e. The zero-order chi connectivity index (χ0) is 13.8. The zero-order valence-electron chi connectivity index (χ0n) is 11.0. The number of aromatic nitrogens is 2. The molecular weight excluding hydrogens is 256 g/mol. The summed E-state index contributed by atoms with van der Waals surface area (Å²) in [6, 6.07) is 5.88. The summed E-state index contributed by atoms with van der Waals surface area (Å²) >= 11 is 5.10. The summed E-state index contributed by atoms with van der Waals surface area (Å²) in [5.41, 5.74) is 9.64. The van der Waals surface area contributed by atoms with Gasteiger partial charge in [-0.1, -0.05) is 18.3 Å². The predicted octanol–water partition coefficient (Wildman–Crippen LogP) is 2.34. The number of rotatable bonds is 4. The summed E-state index contributed by atoms with van der Waals surface area (Å²) in [5, 5.41) is 3.27. The highest BCUT2D eigenvalue weighted by atomic mass is 32.1. The van der Waals surface area contributed by atoms with Crippen LogP contribution in [-0.2, 0) is 6.54 Å². The molecule has 2 aromatic heterocycles. The van der Waals surface area contributed by atoms with Gasteiger partial charge in [-0.2, -0.15) is 0 Å². The lowest BCUT2D eigenvalue weighted by Crippen LogP contribution is -2.16. The highest BCUT2D eigenvalue weighted by Crippen LogP contribution is 2.19. The summed E-state index contributed by atoms with van der Waals surface area (Å²) in [6.45, 7) is 4.57. The zero-order valence-corrected chi connectivity index (χ0v) is 11.8. The molecule has 0 saturated carbocycles. The molecule has 5 heteroatoms. The van der Waals surface area contributed by atoms with Gasteiger partial charge in [-0.15, -0.1) is 0 Å². The summed E-state index contributed by atoms with van der Waals surface area (Å²) < 4.78 is 0. The monoisotopic (exact) mass is 272 g/mol. The van der Waals surface area contributed by atoms with Crippen molar-refractivity contribution in [3.63, 3.8) is 0 Å². The van der Waals surface area contributed by atoms with Crippen LogP contribution in [0.4, 0.5) is 5.82 Å². The van der Waals surface area contributed by atoms with Crippen LogP contribution in [0, 0.1) is 13.8 Å². The van der Waals surface area contributed by atoms with Crippen LogP contribution < -0.4 is 11.1 Å². The van der Waals surface area contributed by atoms with E-state index in [0.29, 0.717) is 11.5 Å². The first kappa shape index (κ1) is 13.4. The SMILES string of the molecule is Cc1cc(C)c(C(N)=S)c(NCc2cccnc2)n1. The molecule has 0 unspecified atom stereocenters. The first-order valence-electron chi connectivity index (χ1n) is 5.98. The van der Waals surface area contributed by atoms with E-state index in [1.165, 1.54) is 0 Å². The third-order valence-corrected chi connectivity index (χ3v) is 2.98. The van der Waals surface area contributed by atoms with E-state index in [0.717, 1.165) is 28.2 Å². The molecule has 0 aliphatic rings. The Bertz CT molecular complexity index is 596. The third-order valence-electron chi connectivity index (χ3n) is 2.77. The Balaban J connectivity index is 2.27. The van der Waals surface area contributed by atoms with Crippen molar-refractivity contribution in [3.8, 4) is 0 Å². The van der Waals surface area contributed by atoms with Crippen LogP contribution in [0.2, 0.25) is 0 Å². The van der Waals surface area contributed by atoms with E-state index in [2.05, 4.69) is 15.3 Å². The van der Waals surface area contributed by atoms with Crippen LogP contribution in [0.3, 0.4) is 0 Å². The second-order valence-corrected chi connectivity index (χ2v) is 4.82. The third kappa shape index (κ3) is 3.26. The predicted molar refractivity (Wildman–Crippen MR) is 81.2 cm³/mol. The maximum absolute atomic E-state index is 5.77. The Hall–Kier alpha value is -2.01. The molecule has 0 aliphatic carbocycles. The Kier molecular flexibility index (Phi) is 4.06. The van der Waals surface area contributed by atoms with Crippen molar-refractivity contribution in [2.75, 3.05) is 5.32 Å². The maximum atomic E-state index is 5.77. The number of nitrogens with two attached hydrogens (primary N) is 1. The van der Waals surface area contributed by atoms with E-state index in [4.69, 9.17) is 18.0 Å². The highest BCUT2D eigenvalue weighted by molar-refractivity contribution is 7.80. The van der Waals surface area contributed by atoms with Gasteiger partial charge in [-0.25, -0.2) is 4.98 Å². The summed E-state index contributed by atoms with van der Waals surface area (Å²) in [5.74, 6) is 0.730. The lowest BCUT2D eigenvalue weighted by atomic mass is 10.1. The number of anilines is 1. The van der Waals surface area contributed by atoms with Gasteiger partial charge in [0, 0.05) is 24.6 Å². The number of thiocarbonyl (C=S) groups is 1. The Morgan fingerprint density at radius 2 is 2.21 bits per heavy atom. The average Bonchev–Trinajstić information content (AvgIpc) is 2.36. The second-order valence-electron chi connectivity index (χ2n) is 4.38. The number of hydrogen-bond acceptors (Lipinski definition) is 4. The van der Waals surface area contributed by atoms with E-state index in [1.807, 2.05) is 38.2 Å². The van der Waals surface area contributed by atoms with Crippen LogP contribution in [0.25, 0.3) is 0 Å². The number of nitrogens with one attached hydrogen (secondary N) is 1. The van der Waals surface area contributed by atoms with Crippen molar-refractivity contribution in [2.45, 2.75) is 20.4 Å². The van der Waals surface area contributed by atoms with Gasteiger partial charge < -0.3 is 11.1 Å². The molecule has 98 valence electrons. The highest BCUT2D eigenvalue weighted by Gasteiger charge is 2.11. The lowest BCUT2D eigenvalue weighted by molar-refractivity contribution is 1.06. The van der Waals surface area contributed by atoms with Gasteiger partial charge in [0.05, 0.1) is 5.56 Å². The topological polar surface area (TPSA) is 63.8 Å². The largest absolute Gasteiger partial charge is 0.389 e. The van der Waals surface area contributed by atoms with E-state index in [-0.39, 0.29) is 0 Å². The first-order valence-corrected chi connectivity index (χ1v) is 6.39. The van der Waals surface area contributed by atoms with Gasteiger partial charge >= 0.3 is 0 Å². The van der Waals surface area contributed by atoms with Crippen molar-refractivity contribution in [1.29, 1.82) is 0 Å². The number of aryl methyl sites for hydroxylation is 2. The summed E-state index contributed by atoms with van der Waals surface area (Å²) in [7, 11) is 0. The molecule has 0 aromatic carbocycles. The van der Waals surface area contributed by atoms with Crippen molar-refractivity contribution >= 4 is 23.0 Å². The van der Waals surface area contributed by atoms with Crippen molar-refractivity contribution in [2.24, 2.45) is 5.73 Å². The van der Waals surface area contributed by atoms with Crippen LogP contribution in [-0.4, -0.2) is 15.0 Å². The van der Waals surface area contributed by atoms with E-state index in [9.17, 15) is 0 Å². The van der Waals surface area contributed by atoms with E-state index < -0.39 is 0 Å². The van der Waals surface area contributed by atoms with Crippen molar-refractivity contribution in [1.82, 2.24) is 9.97 Å². The molecule has 0 amide bonds. The van der Waals surface area contributed by atoms with Crippen molar-refractivity contribution < 1.29 is 0 Å². The van der Waals surface area contributed by atoms with Gasteiger partial charge in [0.15, 0.2) is 0 Å². The van der Waals surface area contributed by atoms with Crippen molar-refractivity contribution in [3.05, 3.63) is 53.0 Å². The van der Waals surface area contributed by atoms with Crippen LogP contribution in [0.1, 0.15) is 22.4 Å². The molecule has 0 spiro atoms. The smallest absolute Gasteiger partial charge is 0.137 e. The van der Waals surface area contributed by atoms with Gasteiger partial charge in [0.2, 0.25) is 0 Å². The number of hydrogen-bond donors (Lipinski definition) is 2. The molecule has 0 aliphatic heterocycles. The molecule has 4 nitrogen and oxygen atoms in total. The van der Waals surface area contributed by atoms with Gasteiger partial charge in [0.25, 0.3) is 0 Å². The van der Waals surface area contributed by atoms with Crippen LogP contribution in [0.5, 0.6) is 0 Å². The molecule has 2 rings (SSSR count). The molecule has 2 aromatic rings. The molecule has 2 heterocycles. The quantitative estimate of drug-likeness (QED) is 0.836. The minimum Gasteiger partial charge on any atom is -0.389 e. The standard InChI is InChI=1S/C14H16N4S/c1-9-6-10(2)18-14(12(9)13(15)19)17-8-11-4-3-5-16-7-11/h3-7H,8H2,1-2H3,(H2,15,19)(H,17,18). The van der Waals surface area contributed by atoms with E-state index >= 15 is 0 Å². The fourth-order valence-electron chi connectivity index (χ4n) is 1.96. The Morgan fingerprint density at radius 1 is 1.42 bits per heavy atom. The lowest BCUT2D eigenvalue weighted by Gasteiger charge is -2.13. The first-order chi connectivity index (χ1) is 9.08. The fraction of sp³-hybridized carbons (Fsp3) is 0.214. The Morgan fingerprint density at radius 3 is 2.84 bits per heavy atom. The average molecular weight is 272 g/mol. The summed E-state index contributed by atoms with van der Waals surface area (Å²) in [6.07, 6.45) is 3.56. The van der Waals surface area contributed by atoms with Gasteiger partial charge in [-0.05, 0) is 37.1 Å². The molecule has 0 fully saturated rings. The summed E-state index contributed by atoms with van der Waals surface area (Å²) in [4.78, 5) is 8.91. The van der Waals surface area contributed by atoms with Gasteiger partial charge in [-0.3, -0.25) is 4.98 Å². The second kappa shape index (κ2) is 5.75. The minimum absolute atomic E-state index is 0.360. The Labute approximate surface area is 118 Å². The molecule has 0 saturated heterocycles. The number of nitrogens with zero attached hydrogens (tertiary/aromatic N) is 2. The van der Waals surface area contributed by atoms with Crippen LogP contribution in [0.15, 0.2) is 30.6 Å². The fourth-order valence-corrected chi connectivity index (χ4v) is 2.22. The number of pyridine rings is 2. The minimum atomic E-state index is 0.360. The van der Waals surface area contributed by atoms with E-state index in [1.54, 1.807) is 6.20 Å².